The van der Waals surface area contributed by atoms with Crippen molar-refractivity contribution in [2.24, 2.45) is 11.5 Å². The Bertz CT molecular complexity index is 2610. The van der Waals surface area contributed by atoms with E-state index in [1.165, 1.54) is 4.90 Å². The van der Waals surface area contributed by atoms with Gasteiger partial charge in [0.2, 0.25) is 47.3 Å². The number of rotatable bonds is 10. The van der Waals surface area contributed by atoms with Crippen LogP contribution in [0.4, 0.5) is 0 Å². The van der Waals surface area contributed by atoms with Gasteiger partial charge in [-0.25, -0.2) is 0 Å². The second-order valence-electron chi connectivity index (χ2n) is 17.2. The molecule has 69 heavy (non-hydrogen) atoms. The molecule has 3 unspecified atom stereocenters. The van der Waals surface area contributed by atoms with Crippen LogP contribution in [0.15, 0.2) is 60.9 Å². The Morgan fingerprint density at radius 3 is 1.88 bits per heavy atom. The van der Waals surface area contributed by atoms with Gasteiger partial charge in [-0.1, -0.05) is 58.0 Å². The number of aliphatic hydroxyl groups excluding tert-OH is 1. The molecule has 0 saturated carbocycles. The number of carboxylic acid groups (broad SMARTS) is 1. The number of aliphatic hydroxyl groups is 1. The number of aliphatic carboxylic acids is 1. The van der Waals surface area contributed by atoms with Gasteiger partial charge in [-0.05, 0) is 42.5 Å². The first kappa shape index (κ1) is 50.3. The van der Waals surface area contributed by atoms with Crippen molar-refractivity contribution in [3.05, 3.63) is 72.1 Å². The number of aromatic nitrogens is 2. The highest BCUT2D eigenvalue weighted by Crippen LogP contribution is 2.28. The quantitative estimate of drug-likeness (QED) is 0.0808. The number of nitrogens with zero attached hydrogens (tertiary/aromatic N) is 2. The lowest BCUT2D eigenvalue weighted by molar-refractivity contribution is -0.144. The zero-order chi connectivity index (χ0) is 49.4. The molecule has 2 aromatic heterocycles. The molecule has 5 heterocycles. The minimum atomic E-state index is -1.51. The van der Waals surface area contributed by atoms with Gasteiger partial charge in [0.05, 0.1) is 12.6 Å². The Morgan fingerprint density at radius 2 is 1.29 bits per heavy atom. The highest BCUT2D eigenvalue weighted by atomic mass is 33.1. The maximum Gasteiger partial charge on any atom is 0.303 e. The lowest BCUT2D eigenvalue weighted by Gasteiger charge is -2.31. The molecule has 24 heteroatoms. The topological polar surface area (TPSA) is 344 Å². The smallest absolute Gasteiger partial charge is 0.303 e. The lowest BCUT2D eigenvalue weighted by atomic mass is 10.0. The molecule has 3 saturated heterocycles. The Labute approximate surface area is 402 Å². The van der Waals surface area contributed by atoms with Crippen LogP contribution in [0.2, 0.25) is 0 Å². The molecule has 22 nitrogen and oxygen atoms in total. The number of carbonyl (C=O) groups is 9. The maximum atomic E-state index is 14.6. The minimum Gasteiger partial charge on any atom is -0.481 e. The molecule has 0 radical (unpaired) electrons. The van der Waals surface area contributed by atoms with E-state index in [1.807, 2.05) is 30.3 Å². The first-order valence-electron chi connectivity index (χ1n) is 22.5. The number of carboxylic acids is 1. The fraction of sp³-hybridized carbons (Fsp3) is 0.444. The molecule has 3 aliphatic heterocycles. The Kier molecular flexibility index (Phi) is 16.5. The van der Waals surface area contributed by atoms with Gasteiger partial charge in [0.1, 0.15) is 42.3 Å². The van der Waals surface area contributed by atoms with Crippen LogP contribution in [0.3, 0.4) is 0 Å². The van der Waals surface area contributed by atoms with E-state index in [1.54, 1.807) is 30.6 Å². The number of hydrogen-bond acceptors (Lipinski definition) is 13. The summed E-state index contributed by atoms with van der Waals surface area (Å²) in [5.41, 5.74) is 14.1. The van der Waals surface area contributed by atoms with Crippen molar-refractivity contribution in [2.75, 3.05) is 31.1 Å². The maximum absolute atomic E-state index is 14.6. The zero-order valence-corrected chi connectivity index (χ0v) is 38.9. The van der Waals surface area contributed by atoms with Crippen molar-refractivity contribution in [1.82, 2.24) is 46.4 Å². The zero-order valence-electron chi connectivity index (χ0n) is 37.3. The number of H-pyrrole nitrogens is 2. The molecule has 3 aliphatic rings. The van der Waals surface area contributed by atoms with Crippen LogP contribution < -0.4 is 38.1 Å². The molecule has 4 aromatic rings. The highest BCUT2D eigenvalue weighted by molar-refractivity contribution is 8.76. The molecular formula is C45H55N11O11S2. The van der Waals surface area contributed by atoms with Gasteiger partial charge in [0.25, 0.3) is 0 Å². The van der Waals surface area contributed by atoms with Crippen LogP contribution >= 0.6 is 21.6 Å². The third-order valence-electron chi connectivity index (χ3n) is 12.5. The molecular weight excluding hydrogens is 935 g/mol. The normalized spacial score (nSPS) is 25.9. The molecule has 8 amide bonds. The van der Waals surface area contributed by atoms with Crippen LogP contribution in [0, 0.1) is 0 Å². The van der Waals surface area contributed by atoms with E-state index in [0.717, 1.165) is 48.3 Å². The molecule has 8 atom stereocenters. The van der Waals surface area contributed by atoms with Gasteiger partial charge in [-0.3, -0.25) is 43.2 Å². The van der Waals surface area contributed by atoms with Crippen LogP contribution in [0.5, 0.6) is 0 Å². The van der Waals surface area contributed by atoms with Crippen molar-refractivity contribution >= 4 is 96.6 Å². The number of carbonyl (C=O) groups excluding carboxylic acids is 8. The van der Waals surface area contributed by atoms with E-state index in [9.17, 15) is 53.4 Å². The Morgan fingerprint density at radius 1 is 0.725 bits per heavy atom. The first-order valence-corrected chi connectivity index (χ1v) is 25.0. The summed E-state index contributed by atoms with van der Waals surface area (Å²) in [6.45, 7) is -0.752. The van der Waals surface area contributed by atoms with Crippen molar-refractivity contribution in [2.45, 2.75) is 93.3 Å². The summed E-state index contributed by atoms with van der Waals surface area (Å²) >= 11 is 0. The molecule has 13 N–H and O–H groups in total. The van der Waals surface area contributed by atoms with E-state index >= 15 is 0 Å². The largest absolute Gasteiger partial charge is 0.481 e. The monoisotopic (exact) mass is 989 g/mol. The summed E-state index contributed by atoms with van der Waals surface area (Å²) in [5, 5.41) is 35.5. The second kappa shape index (κ2) is 22.7. The number of hydrogen-bond donors (Lipinski definition) is 11. The first-order chi connectivity index (χ1) is 33.1. The van der Waals surface area contributed by atoms with Crippen LogP contribution in [-0.2, 0) is 56.0 Å². The fourth-order valence-electron chi connectivity index (χ4n) is 8.93. The van der Waals surface area contributed by atoms with Gasteiger partial charge < -0.3 is 68.0 Å². The predicted octanol–water partition coefficient (Wildman–Crippen LogP) is -1.48. The van der Waals surface area contributed by atoms with Gasteiger partial charge in [-0.15, -0.1) is 0 Å². The summed E-state index contributed by atoms with van der Waals surface area (Å²) in [6.07, 6.45) is 1.26. The number of nitrogens with two attached hydrogens (primary N) is 2. The van der Waals surface area contributed by atoms with E-state index in [4.69, 9.17) is 11.5 Å². The van der Waals surface area contributed by atoms with Gasteiger partial charge in [0.15, 0.2) is 0 Å². The molecule has 3 fully saturated rings. The fourth-order valence-corrected chi connectivity index (χ4v) is 11.3. The molecule has 0 bridgehead atoms. The number of primary amides is 1. The molecule has 0 spiro atoms. The third kappa shape index (κ3) is 12.2. The number of aromatic amines is 2. The molecule has 368 valence electrons. The predicted molar refractivity (Wildman–Crippen MR) is 255 cm³/mol. The van der Waals surface area contributed by atoms with Gasteiger partial charge >= 0.3 is 5.97 Å². The number of para-hydroxylation sites is 2. The third-order valence-corrected chi connectivity index (χ3v) is 14.9. The average molecular weight is 990 g/mol. The standard InChI is InChI=1S/C45H55N11O11S2/c46-17-37(58)50-34-22-69-68-21-33(39(47)61)54-41(63)32(15-24-19-49-29-9-4-2-7-27(24)29)52-42(64)35-10-5-13-55(35)44(66)30(11-12-38(59)60)51-40(62)31(14-23-18-48-28-8-3-1-6-26(23)28)53-43(65)36-16-25(57)20-56(36)45(34)67/h1-4,6-9,18-19,25,30-36,48-49,57H,5,10-17,20-22,46H2,(H2,47,61)(H,50,58)(H,51,62)(H,52,64)(H,53,65)(H,54,63)(H,59,60)/t25-,30+,31?,32+,33?,34?,35+,36+/m1/s1. The Balaban J connectivity index is 1.25. The SMILES string of the molecule is NCC(=O)NC1CSSCC(C(N)=O)NC(=O)[C@H](Cc2c[nH]c3ccccc23)NC(=O)[C@@H]2CCCN2C(=O)[C@H](CCC(=O)O)NC(=O)C(Cc2c[nH]c3ccccc23)NC(=O)[C@@H]2C[C@@H](O)CN2C1=O. The summed E-state index contributed by atoms with van der Waals surface area (Å²) in [5.74, 6) is -7.89. The van der Waals surface area contributed by atoms with E-state index in [2.05, 4.69) is 36.6 Å². The van der Waals surface area contributed by atoms with E-state index < -0.39 is 121 Å². The molecule has 0 aliphatic carbocycles. The van der Waals surface area contributed by atoms with Crippen molar-refractivity contribution in [3.63, 3.8) is 0 Å². The second-order valence-corrected chi connectivity index (χ2v) is 19.7. The minimum absolute atomic E-state index is 0.0460. The molecule has 2 aromatic carbocycles. The highest BCUT2D eigenvalue weighted by Gasteiger charge is 2.44. The van der Waals surface area contributed by atoms with Crippen LogP contribution in [0.25, 0.3) is 21.8 Å². The Hall–Kier alpha value is -6.63. The lowest BCUT2D eigenvalue weighted by Crippen LogP contribution is -2.60. The number of benzene rings is 2. The number of fused-ring (bicyclic) bond motifs is 4. The molecule has 7 rings (SSSR count). The average Bonchev–Trinajstić information content (AvgIpc) is 4.16. The van der Waals surface area contributed by atoms with Gasteiger partial charge in [0, 0.05) is 84.5 Å². The summed E-state index contributed by atoms with van der Waals surface area (Å²) in [6, 6.07) is 5.13. The summed E-state index contributed by atoms with van der Waals surface area (Å²) < 4.78 is 0. The summed E-state index contributed by atoms with van der Waals surface area (Å²) in [7, 11) is 2.09. The van der Waals surface area contributed by atoms with Crippen molar-refractivity contribution in [3.8, 4) is 0 Å². The van der Waals surface area contributed by atoms with E-state index in [-0.39, 0.29) is 50.3 Å². The summed E-state index contributed by atoms with van der Waals surface area (Å²) in [4.78, 5) is 132. The van der Waals surface area contributed by atoms with Crippen LogP contribution in [0.1, 0.15) is 43.2 Å². The van der Waals surface area contributed by atoms with Crippen LogP contribution in [-0.4, -0.2) is 163 Å². The van der Waals surface area contributed by atoms with Crippen molar-refractivity contribution < 1.29 is 53.4 Å². The van der Waals surface area contributed by atoms with Gasteiger partial charge in [-0.2, -0.15) is 0 Å². The van der Waals surface area contributed by atoms with Crippen molar-refractivity contribution in [1.29, 1.82) is 0 Å². The van der Waals surface area contributed by atoms with E-state index in [0.29, 0.717) is 17.5 Å². The number of nitrogens with one attached hydrogen (secondary N) is 7. The number of amides is 8.